The summed E-state index contributed by atoms with van der Waals surface area (Å²) in [6.07, 6.45) is 3.88. The lowest BCUT2D eigenvalue weighted by Crippen LogP contribution is -2.65. The van der Waals surface area contributed by atoms with E-state index >= 15 is 0 Å². The summed E-state index contributed by atoms with van der Waals surface area (Å²) in [6, 6.07) is 0. The van der Waals surface area contributed by atoms with E-state index in [2.05, 4.69) is 13.8 Å². The minimum absolute atomic E-state index is 0.209. The van der Waals surface area contributed by atoms with Gasteiger partial charge in [-0.25, -0.2) is 0 Å². The van der Waals surface area contributed by atoms with Gasteiger partial charge in [0.25, 0.3) is 0 Å². The maximum Gasteiger partial charge on any atom is 0.0647 e. The highest BCUT2D eigenvalue weighted by atomic mass is 16.3. The summed E-state index contributed by atoms with van der Waals surface area (Å²) in [4.78, 5) is 0. The molecule has 4 aliphatic carbocycles. The van der Waals surface area contributed by atoms with Crippen molar-refractivity contribution in [2.75, 3.05) is 0 Å². The fraction of sp³-hybridized carbons (Fsp3) is 1.00. The second-order valence-corrected chi connectivity index (χ2v) is 6.55. The fourth-order valence-corrected chi connectivity index (χ4v) is 4.91. The Bertz CT molecular complexity index is 255. The number of aliphatic hydroxyl groups excluding tert-OH is 2. The van der Waals surface area contributed by atoms with Crippen molar-refractivity contribution in [1.82, 2.24) is 0 Å². The van der Waals surface area contributed by atoms with Crippen molar-refractivity contribution in [2.24, 2.45) is 22.7 Å². The van der Waals surface area contributed by atoms with Gasteiger partial charge in [0.15, 0.2) is 0 Å². The number of hydrogen-bond acceptors (Lipinski definition) is 2. The van der Waals surface area contributed by atoms with Gasteiger partial charge in [0.05, 0.1) is 12.2 Å². The van der Waals surface area contributed by atoms with Gasteiger partial charge in [0.1, 0.15) is 0 Å². The molecule has 2 unspecified atom stereocenters. The molecule has 0 heterocycles. The van der Waals surface area contributed by atoms with Gasteiger partial charge in [-0.2, -0.15) is 0 Å². The predicted molar refractivity (Wildman–Crippen MR) is 53.7 cm³/mol. The molecule has 0 aliphatic heterocycles. The fourth-order valence-electron chi connectivity index (χ4n) is 4.91. The largest absolute Gasteiger partial charge is 0.392 e. The standard InChI is InChI=1S/C12H20O2/c1-11-4-7-3-8(5-11)10(14)12(2,6-11)9(7)13/h7-10,13-14H,3-6H2,1-2H3/t7-,8+,9-,10-,11?,12?/m0/s1. The van der Waals surface area contributed by atoms with Crippen LogP contribution < -0.4 is 0 Å². The molecule has 4 saturated carbocycles. The molecule has 4 fully saturated rings. The Morgan fingerprint density at radius 1 is 1.00 bits per heavy atom. The number of aliphatic hydroxyl groups is 2. The van der Waals surface area contributed by atoms with Gasteiger partial charge in [-0.3, -0.25) is 0 Å². The van der Waals surface area contributed by atoms with Gasteiger partial charge in [0, 0.05) is 5.41 Å². The van der Waals surface area contributed by atoms with Gasteiger partial charge >= 0.3 is 0 Å². The molecule has 6 atom stereocenters. The first-order chi connectivity index (χ1) is 6.45. The van der Waals surface area contributed by atoms with Crippen molar-refractivity contribution >= 4 is 0 Å². The van der Waals surface area contributed by atoms with E-state index in [1.807, 2.05) is 0 Å². The lowest BCUT2D eigenvalue weighted by atomic mass is 9.43. The molecule has 4 rings (SSSR count). The zero-order chi connectivity index (χ0) is 10.1. The highest BCUT2D eigenvalue weighted by Crippen LogP contribution is 2.64. The molecular formula is C12H20O2. The molecule has 2 heteroatoms. The molecule has 0 aromatic heterocycles. The Balaban J connectivity index is 2.05. The van der Waals surface area contributed by atoms with E-state index in [9.17, 15) is 10.2 Å². The van der Waals surface area contributed by atoms with E-state index in [-0.39, 0.29) is 17.6 Å². The third-order valence-electron chi connectivity index (χ3n) is 5.17. The van der Waals surface area contributed by atoms with Crippen LogP contribution in [-0.4, -0.2) is 22.4 Å². The van der Waals surface area contributed by atoms with Crippen LogP contribution in [0.3, 0.4) is 0 Å². The normalized spacial score (nSPS) is 66.0. The van der Waals surface area contributed by atoms with Gasteiger partial charge in [-0.15, -0.1) is 0 Å². The summed E-state index contributed by atoms with van der Waals surface area (Å²) < 4.78 is 0. The van der Waals surface area contributed by atoms with Gasteiger partial charge in [-0.1, -0.05) is 13.8 Å². The Morgan fingerprint density at radius 2 is 1.50 bits per heavy atom. The quantitative estimate of drug-likeness (QED) is 0.617. The third-order valence-corrected chi connectivity index (χ3v) is 5.17. The topological polar surface area (TPSA) is 40.5 Å². The minimum atomic E-state index is -0.262. The van der Waals surface area contributed by atoms with E-state index < -0.39 is 0 Å². The molecule has 0 aromatic carbocycles. The average molecular weight is 196 g/mol. The van der Waals surface area contributed by atoms with Crippen LogP contribution in [0.5, 0.6) is 0 Å². The summed E-state index contributed by atoms with van der Waals surface area (Å²) in [5.74, 6) is 0.918. The van der Waals surface area contributed by atoms with Gasteiger partial charge < -0.3 is 10.2 Å². The van der Waals surface area contributed by atoms with Crippen LogP contribution in [0.25, 0.3) is 0 Å². The maximum atomic E-state index is 10.2. The zero-order valence-corrected chi connectivity index (χ0v) is 9.03. The summed E-state index contributed by atoms with van der Waals surface area (Å²) in [5, 5.41) is 20.4. The first-order valence-electron chi connectivity index (χ1n) is 5.81. The average Bonchev–Trinajstić information content (AvgIpc) is 2.09. The lowest BCUT2D eigenvalue weighted by molar-refractivity contribution is -0.236. The van der Waals surface area contributed by atoms with Crippen LogP contribution in [0.15, 0.2) is 0 Å². The Kier molecular flexibility index (Phi) is 1.54. The molecular weight excluding hydrogens is 176 g/mol. The Morgan fingerprint density at radius 3 is 2.00 bits per heavy atom. The van der Waals surface area contributed by atoms with Crippen LogP contribution in [0, 0.1) is 22.7 Å². The highest BCUT2D eigenvalue weighted by molar-refractivity contribution is 5.12. The van der Waals surface area contributed by atoms with E-state index in [1.165, 1.54) is 12.8 Å². The summed E-state index contributed by atoms with van der Waals surface area (Å²) in [5.41, 5.74) is 0.194. The van der Waals surface area contributed by atoms with Crippen molar-refractivity contribution < 1.29 is 10.2 Å². The first-order valence-corrected chi connectivity index (χ1v) is 5.81. The smallest absolute Gasteiger partial charge is 0.0647 e. The Labute approximate surface area is 85.3 Å². The number of rotatable bonds is 0. The third kappa shape index (κ3) is 0.892. The molecule has 4 aliphatic rings. The van der Waals surface area contributed by atoms with Crippen molar-refractivity contribution in [1.29, 1.82) is 0 Å². The van der Waals surface area contributed by atoms with Crippen LogP contribution in [0.4, 0.5) is 0 Å². The molecule has 0 amide bonds. The molecule has 0 radical (unpaired) electrons. The van der Waals surface area contributed by atoms with Crippen LogP contribution in [-0.2, 0) is 0 Å². The van der Waals surface area contributed by atoms with Crippen LogP contribution in [0.2, 0.25) is 0 Å². The van der Waals surface area contributed by atoms with Crippen molar-refractivity contribution in [3.63, 3.8) is 0 Å². The van der Waals surface area contributed by atoms with Crippen LogP contribution >= 0.6 is 0 Å². The second kappa shape index (κ2) is 2.35. The predicted octanol–water partition coefficient (Wildman–Crippen LogP) is 1.55. The summed E-state index contributed by atoms with van der Waals surface area (Å²) >= 11 is 0. The van der Waals surface area contributed by atoms with E-state index in [0.717, 1.165) is 12.8 Å². The molecule has 4 bridgehead atoms. The molecule has 0 aromatic rings. The molecule has 14 heavy (non-hydrogen) atoms. The highest BCUT2D eigenvalue weighted by Gasteiger charge is 2.63. The van der Waals surface area contributed by atoms with Crippen LogP contribution in [0.1, 0.15) is 39.5 Å². The first kappa shape index (κ1) is 9.17. The molecule has 0 spiro atoms. The van der Waals surface area contributed by atoms with Crippen molar-refractivity contribution in [2.45, 2.75) is 51.7 Å². The second-order valence-electron chi connectivity index (χ2n) is 6.55. The molecule has 2 nitrogen and oxygen atoms in total. The summed E-state index contributed by atoms with van der Waals surface area (Å²) in [6.45, 7) is 4.42. The Hall–Kier alpha value is -0.0800. The SMILES string of the molecule is CC12C[C@H]3C[C@@H](C1)[C@H](O)C(C)(C2)[C@H]3O. The summed E-state index contributed by atoms with van der Waals surface area (Å²) in [7, 11) is 0. The number of hydrogen-bond donors (Lipinski definition) is 2. The molecule has 80 valence electrons. The molecule has 2 N–H and O–H groups in total. The van der Waals surface area contributed by atoms with E-state index in [0.29, 0.717) is 17.3 Å². The monoisotopic (exact) mass is 196 g/mol. The van der Waals surface area contributed by atoms with Gasteiger partial charge in [0.2, 0.25) is 0 Å². The zero-order valence-electron chi connectivity index (χ0n) is 9.03. The minimum Gasteiger partial charge on any atom is -0.392 e. The van der Waals surface area contributed by atoms with Crippen molar-refractivity contribution in [3.05, 3.63) is 0 Å². The van der Waals surface area contributed by atoms with Crippen molar-refractivity contribution in [3.8, 4) is 0 Å². The lowest BCUT2D eigenvalue weighted by Gasteiger charge is -2.64. The van der Waals surface area contributed by atoms with Gasteiger partial charge in [-0.05, 0) is 42.9 Å². The molecule has 0 saturated heterocycles. The van der Waals surface area contributed by atoms with E-state index in [1.54, 1.807) is 0 Å². The van der Waals surface area contributed by atoms with E-state index in [4.69, 9.17) is 0 Å². The maximum absolute atomic E-state index is 10.2.